The first-order valence-corrected chi connectivity index (χ1v) is 6.36. The van der Waals surface area contributed by atoms with Gasteiger partial charge in [0.15, 0.2) is 0 Å². The van der Waals surface area contributed by atoms with Gasteiger partial charge in [0.25, 0.3) is 0 Å². The summed E-state index contributed by atoms with van der Waals surface area (Å²) in [6.07, 6.45) is 0. The van der Waals surface area contributed by atoms with Crippen molar-refractivity contribution >= 4 is 27.3 Å². The second-order valence-electron chi connectivity index (χ2n) is 3.44. The predicted octanol–water partition coefficient (Wildman–Crippen LogP) is 3.98. The standard InChI is InChI=1S/C11H7BrF3NS/c12-7-4-17-3-6(7)11(16)10-8(14)1-5(13)2-9(10)15/h1-4,11H,16H2. The third kappa shape index (κ3) is 2.38. The molecule has 90 valence electrons. The molecule has 0 aliphatic carbocycles. The largest absolute Gasteiger partial charge is 0.320 e. The topological polar surface area (TPSA) is 26.0 Å². The van der Waals surface area contributed by atoms with E-state index in [0.29, 0.717) is 22.2 Å². The van der Waals surface area contributed by atoms with Crippen LogP contribution in [0.2, 0.25) is 0 Å². The summed E-state index contributed by atoms with van der Waals surface area (Å²) in [5.41, 5.74) is 6.03. The van der Waals surface area contributed by atoms with Crippen molar-refractivity contribution in [3.05, 3.63) is 55.9 Å². The molecule has 0 amide bonds. The molecule has 0 saturated carbocycles. The molecule has 0 spiro atoms. The van der Waals surface area contributed by atoms with Crippen LogP contribution in [0.25, 0.3) is 0 Å². The van der Waals surface area contributed by atoms with Gasteiger partial charge in [0, 0.05) is 27.5 Å². The van der Waals surface area contributed by atoms with Crippen LogP contribution in [0.15, 0.2) is 27.4 Å². The molecular formula is C11H7BrF3NS. The molecule has 1 aromatic heterocycles. The molecule has 0 radical (unpaired) electrons. The molecule has 6 heteroatoms. The summed E-state index contributed by atoms with van der Waals surface area (Å²) >= 11 is 4.60. The molecule has 1 nitrogen and oxygen atoms in total. The molecule has 0 aliphatic heterocycles. The van der Waals surface area contributed by atoms with E-state index in [0.717, 1.165) is 0 Å². The Morgan fingerprint density at radius 1 is 1.12 bits per heavy atom. The van der Waals surface area contributed by atoms with Crippen molar-refractivity contribution in [2.45, 2.75) is 6.04 Å². The normalized spacial score (nSPS) is 12.8. The molecule has 1 unspecified atom stereocenters. The van der Waals surface area contributed by atoms with E-state index in [1.54, 1.807) is 10.8 Å². The van der Waals surface area contributed by atoms with E-state index in [2.05, 4.69) is 15.9 Å². The zero-order valence-corrected chi connectivity index (χ0v) is 10.8. The number of nitrogens with two attached hydrogens (primary N) is 1. The molecule has 2 N–H and O–H groups in total. The summed E-state index contributed by atoms with van der Waals surface area (Å²) < 4.78 is 40.5. The fourth-order valence-electron chi connectivity index (χ4n) is 1.52. The average Bonchev–Trinajstić information content (AvgIpc) is 2.62. The second-order valence-corrected chi connectivity index (χ2v) is 5.03. The van der Waals surface area contributed by atoms with Gasteiger partial charge in [-0.3, -0.25) is 0 Å². The Morgan fingerprint density at radius 3 is 2.18 bits per heavy atom. The van der Waals surface area contributed by atoms with Gasteiger partial charge in [-0.25, -0.2) is 13.2 Å². The van der Waals surface area contributed by atoms with E-state index in [1.807, 2.05) is 0 Å². The first kappa shape index (κ1) is 12.6. The Bertz CT molecular complexity index is 532. The maximum absolute atomic E-state index is 13.5. The van der Waals surface area contributed by atoms with E-state index in [9.17, 15) is 13.2 Å². The molecule has 17 heavy (non-hydrogen) atoms. The summed E-state index contributed by atoms with van der Waals surface area (Å²) in [7, 11) is 0. The molecule has 1 atom stereocenters. The summed E-state index contributed by atoms with van der Waals surface area (Å²) in [4.78, 5) is 0. The van der Waals surface area contributed by atoms with Crippen molar-refractivity contribution in [1.82, 2.24) is 0 Å². The van der Waals surface area contributed by atoms with Gasteiger partial charge in [0.1, 0.15) is 17.5 Å². The van der Waals surface area contributed by atoms with Gasteiger partial charge >= 0.3 is 0 Å². The Hall–Kier alpha value is -0.850. The fraction of sp³-hybridized carbons (Fsp3) is 0.0909. The van der Waals surface area contributed by atoms with Gasteiger partial charge in [0.05, 0.1) is 6.04 Å². The van der Waals surface area contributed by atoms with Crippen molar-refractivity contribution in [3.8, 4) is 0 Å². The van der Waals surface area contributed by atoms with Crippen LogP contribution in [0.1, 0.15) is 17.2 Å². The van der Waals surface area contributed by atoms with Crippen LogP contribution in [0, 0.1) is 17.5 Å². The summed E-state index contributed by atoms with van der Waals surface area (Å²) in [5, 5.41) is 3.45. The number of hydrogen-bond acceptors (Lipinski definition) is 2. The number of hydrogen-bond donors (Lipinski definition) is 1. The lowest BCUT2D eigenvalue weighted by molar-refractivity contribution is 0.515. The van der Waals surface area contributed by atoms with Gasteiger partial charge in [-0.1, -0.05) is 0 Å². The van der Waals surface area contributed by atoms with Crippen LogP contribution < -0.4 is 5.73 Å². The third-order valence-corrected chi connectivity index (χ3v) is 4.08. The van der Waals surface area contributed by atoms with Crippen LogP contribution in [0.4, 0.5) is 13.2 Å². The summed E-state index contributed by atoms with van der Waals surface area (Å²) in [5.74, 6) is -2.92. The Morgan fingerprint density at radius 2 is 1.71 bits per heavy atom. The van der Waals surface area contributed by atoms with E-state index in [1.165, 1.54) is 11.3 Å². The molecule has 0 bridgehead atoms. The zero-order chi connectivity index (χ0) is 12.6. The van der Waals surface area contributed by atoms with Crippen molar-refractivity contribution in [2.75, 3.05) is 0 Å². The minimum atomic E-state index is -0.979. The summed E-state index contributed by atoms with van der Waals surface area (Å²) in [6, 6.07) is 0.285. The third-order valence-electron chi connectivity index (χ3n) is 2.33. The zero-order valence-electron chi connectivity index (χ0n) is 8.38. The van der Waals surface area contributed by atoms with Gasteiger partial charge < -0.3 is 5.73 Å². The maximum Gasteiger partial charge on any atom is 0.134 e. The van der Waals surface area contributed by atoms with Crippen LogP contribution in [0.5, 0.6) is 0 Å². The Labute approximate surface area is 108 Å². The SMILES string of the molecule is NC(c1cscc1Br)c1c(F)cc(F)cc1F. The average molecular weight is 322 g/mol. The van der Waals surface area contributed by atoms with Crippen LogP contribution in [-0.2, 0) is 0 Å². The quantitative estimate of drug-likeness (QED) is 0.889. The molecule has 0 aliphatic rings. The highest BCUT2D eigenvalue weighted by Gasteiger charge is 2.21. The highest BCUT2D eigenvalue weighted by atomic mass is 79.9. The first-order chi connectivity index (χ1) is 8.00. The lowest BCUT2D eigenvalue weighted by atomic mass is 10.0. The van der Waals surface area contributed by atoms with E-state index in [-0.39, 0.29) is 5.56 Å². The lowest BCUT2D eigenvalue weighted by Gasteiger charge is -2.13. The van der Waals surface area contributed by atoms with Crippen LogP contribution in [-0.4, -0.2) is 0 Å². The van der Waals surface area contributed by atoms with Gasteiger partial charge in [-0.2, -0.15) is 11.3 Å². The number of thiophene rings is 1. The summed E-state index contributed by atoms with van der Waals surface area (Å²) in [6.45, 7) is 0. The van der Waals surface area contributed by atoms with Crippen molar-refractivity contribution < 1.29 is 13.2 Å². The van der Waals surface area contributed by atoms with Gasteiger partial charge in [-0.05, 0) is 26.9 Å². The van der Waals surface area contributed by atoms with Crippen molar-refractivity contribution in [1.29, 1.82) is 0 Å². The highest BCUT2D eigenvalue weighted by Crippen LogP contribution is 2.32. The van der Waals surface area contributed by atoms with E-state index in [4.69, 9.17) is 5.73 Å². The molecule has 2 rings (SSSR count). The van der Waals surface area contributed by atoms with E-state index < -0.39 is 23.5 Å². The van der Waals surface area contributed by atoms with Crippen LogP contribution in [0.3, 0.4) is 0 Å². The minimum absolute atomic E-state index is 0.328. The number of rotatable bonds is 2. The predicted molar refractivity (Wildman–Crippen MR) is 64.4 cm³/mol. The van der Waals surface area contributed by atoms with Crippen LogP contribution >= 0.6 is 27.3 Å². The van der Waals surface area contributed by atoms with E-state index >= 15 is 0 Å². The highest BCUT2D eigenvalue weighted by molar-refractivity contribution is 9.10. The molecular weight excluding hydrogens is 315 g/mol. The molecule has 0 fully saturated rings. The smallest absolute Gasteiger partial charge is 0.134 e. The number of benzene rings is 1. The molecule has 0 saturated heterocycles. The van der Waals surface area contributed by atoms with Gasteiger partial charge in [0.2, 0.25) is 0 Å². The maximum atomic E-state index is 13.5. The fourth-order valence-corrected chi connectivity index (χ4v) is 3.10. The van der Waals surface area contributed by atoms with Crippen molar-refractivity contribution in [2.24, 2.45) is 5.73 Å². The Balaban J connectivity index is 2.51. The lowest BCUT2D eigenvalue weighted by Crippen LogP contribution is -2.15. The first-order valence-electron chi connectivity index (χ1n) is 4.62. The minimum Gasteiger partial charge on any atom is -0.320 e. The molecule has 1 heterocycles. The van der Waals surface area contributed by atoms with Crippen molar-refractivity contribution in [3.63, 3.8) is 0 Å². The number of halogens is 4. The van der Waals surface area contributed by atoms with Gasteiger partial charge in [-0.15, -0.1) is 0 Å². The second kappa shape index (κ2) is 4.80. The molecule has 1 aromatic carbocycles. The molecule has 2 aromatic rings. The monoisotopic (exact) mass is 321 g/mol. The Kier molecular flexibility index (Phi) is 3.56.